The Kier molecular flexibility index (Phi) is 6.00. The summed E-state index contributed by atoms with van der Waals surface area (Å²) in [5.74, 6) is 0.169. The van der Waals surface area contributed by atoms with Gasteiger partial charge in [0.15, 0.2) is 0 Å². The third-order valence-electron chi connectivity index (χ3n) is 3.84. The summed E-state index contributed by atoms with van der Waals surface area (Å²) >= 11 is 1.70. The molecule has 1 heterocycles. The highest BCUT2D eigenvalue weighted by atomic mass is 35.5. The summed E-state index contributed by atoms with van der Waals surface area (Å²) < 4.78 is 0. The highest BCUT2D eigenvalue weighted by Gasteiger charge is 2.33. The summed E-state index contributed by atoms with van der Waals surface area (Å²) in [6.45, 7) is 0.725. The highest BCUT2D eigenvalue weighted by molar-refractivity contribution is 7.09. The highest BCUT2D eigenvalue weighted by Crippen LogP contribution is 2.30. The number of hydrogen-bond donors (Lipinski definition) is 1. The zero-order valence-corrected chi connectivity index (χ0v) is 14.0. The molecule has 3 nitrogen and oxygen atoms in total. The maximum atomic E-state index is 12.6. The molecule has 1 amide bonds. The van der Waals surface area contributed by atoms with Crippen LogP contribution in [0, 0.1) is 0 Å². The van der Waals surface area contributed by atoms with Crippen molar-refractivity contribution in [2.45, 2.75) is 37.9 Å². The van der Waals surface area contributed by atoms with Crippen LogP contribution in [0.25, 0.3) is 0 Å². The van der Waals surface area contributed by atoms with Gasteiger partial charge in [0.05, 0.1) is 6.54 Å². The van der Waals surface area contributed by atoms with E-state index in [-0.39, 0.29) is 24.4 Å². The summed E-state index contributed by atoms with van der Waals surface area (Å²) in [6, 6.07) is 14.2. The number of benzene rings is 1. The molecule has 1 aliphatic carbocycles. The van der Waals surface area contributed by atoms with Crippen molar-refractivity contribution in [3.63, 3.8) is 0 Å². The largest absolute Gasteiger partial charge is 0.335 e. The Morgan fingerprint density at radius 3 is 2.55 bits per heavy atom. The monoisotopic (exact) mass is 336 g/mol. The van der Waals surface area contributed by atoms with E-state index in [4.69, 9.17) is 5.73 Å². The lowest BCUT2D eigenvalue weighted by molar-refractivity contribution is -0.132. The van der Waals surface area contributed by atoms with Crippen molar-refractivity contribution in [1.82, 2.24) is 4.90 Å². The molecule has 1 atom stereocenters. The Morgan fingerprint density at radius 1 is 1.23 bits per heavy atom. The van der Waals surface area contributed by atoms with Gasteiger partial charge in [0.2, 0.25) is 5.91 Å². The zero-order chi connectivity index (χ0) is 14.7. The average molecular weight is 337 g/mol. The van der Waals surface area contributed by atoms with Gasteiger partial charge in [-0.05, 0) is 29.9 Å². The molecule has 2 aromatic rings. The molecule has 22 heavy (non-hydrogen) atoms. The van der Waals surface area contributed by atoms with Crippen LogP contribution in [0.1, 0.15) is 35.7 Å². The van der Waals surface area contributed by atoms with Crippen LogP contribution in [0.3, 0.4) is 0 Å². The van der Waals surface area contributed by atoms with Gasteiger partial charge in [-0.3, -0.25) is 4.79 Å². The van der Waals surface area contributed by atoms with Gasteiger partial charge >= 0.3 is 0 Å². The van der Waals surface area contributed by atoms with Crippen molar-refractivity contribution in [2.75, 3.05) is 0 Å². The van der Waals surface area contributed by atoms with Crippen molar-refractivity contribution in [2.24, 2.45) is 5.73 Å². The number of carbonyl (C=O) groups is 1. The molecule has 1 saturated carbocycles. The summed E-state index contributed by atoms with van der Waals surface area (Å²) in [6.07, 6.45) is 2.63. The van der Waals surface area contributed by atoms with Gasteiger partial charge < -0.3 is 10.6 Å². The first-order valence-corrected chi connectivity index (χ1v) is 8.24. The fourth-order valence-electron chi connectivity index (χ4n) is 2.50. The lowest BCUT2D eigenvalue weighted by atomic mass is 10.0. The Hall–Kier alpha value is -1.36. The predicted molar refractivity (Wildman–Crippen MR) is 93.1 cm³/mol. The quantitative estimate of drug-likeness (QED) is 0.873. The first-order valence-electron chi connectivity index (χ1n) is 7.36. The van der Waals surface area contributed by atoms with Gasteiger partial charge in [0, 0.05) is 23.4 Å². The van der Waals surface area contributed by atoms with Gasteiger partial charge in [0.25, 0.3) is 0 Å². The van der Waals surface area contributed by atoms with Crippen molar-refractivity contribution >= 4 is 29.7 Å². The second-order valence-corrected chi connectivity index (χ2v) is 6.59. The molecule has 1 aromatic carbocycles. The molecular formula is C17H21ClN2OS. The van der Waals surface area contributed by atoms with E-state index in [1.807, 2.05) is 41.3 Å². The lowest BCUT2D eigenvalue weighted by Crippen LogP contribution is -2.34. The van der Waals surface area contributed by atoms with Crippen LogP contribution >= 0.6 is 23.7 Å². The molecule has 1 aliphatic rings. The topological polar surface area (TPSA) is 46.3 Å². The van der Waals surface area contributed by atoms with E-state index in [0.29, 0.717) is 12.5 Å². The number of hydrogen-bond acceptors (Lipinski definition) is 3. The first kappa shape index (κ1) is 17.0. The van der Waals surface area contributed by atoms with Gasteiger partial charge in [-0.2, -0.15) is 0 Å². The fourth-order valence-corrected chi connectivity index (χ4v) is 3.20. The minimum absolute atomic E-state index is 0. The fraction of sp³-hybridized carbons (Fsp3) is 0.353. The molecule has 0 saturated heterocycles. The van der Waals surface area contributed by atoms with Crippen molar-refractivity contribution in [3.05, 3.63) is 58.3 Å². The second-order valence-electron chi connectivity index (χ2n) is 5.55. The van der Waals surface area contributed by atoms with Crippen LogP contribution < -0.4 is 5.73 Å². The first-order chi connectivity index (χ1) is 10.2. The van der Waals surface area contributed by atoms with Crippen molar-refractivity contribution in [1.29, 1.82) is 0 Å². The molecule has 0 aliphatic heterocycles. The molecule has 118 valence electrons. The minimum Gasteiger partial charge on any atom is -0.335 e. The molecular weight excluding hydrogens is 316 g/mol. The number of rotatable bonds is 6. The van der Waals surface area contributed by atoms with Crippen LogP contribution in [-0.2, 0) is 11.3 Å². The second kappa shape index (κ2) is 7.77. The number of amides is 1. The van der Waals surface area contributed by atoms with Crippen LogP contribution in [0.5, 0.6) is 0 Å². The van der Waals surface area contributed by atoms with Crippen molar-refractivity contribution in [3.8, 4) is 0 Å². The van der Waals surface area contributed by atoms with Crippen molar-refractivity contribution < 1.29 is 4.79 Å². The number of carbonyl (C=O) groups excluding carboxylic acids is 1. The summed E-state index contributed by atoms with van der Waals surface area (Å²) in [5.41, 5.74) is 7.21. The van der Waals surface area contributed by atoms with Gasteiger partial charge in [-0.25, -0.2) is 0 Å². The van der Waals surface area contributed by atoms with E-state index < -0.39 is 0 Å². The molecule has 0 bridgehead atoms. The Balaban J connectivity index is 0.00000176. The van der Waals surface area contributed by atoms with E-state index in [1.165, 1.54) is 4.88 Å². The van der Waals surface area contributed by atoms with E-state index in [2.05, 4.69) is 11.4 Å². The zero-order valence-electron chi connectivity index (χ0n) is 12.4. The van der Waals surface area contributed by atoms with E-state index >= 15 is 0 Å². The number of nitrogens with two attached hydrogens (primary N) is 1. The summed E-state index contributed by atoms with van der Waals surface area (Å²) in [7, 11) is 0. The maximum Gasteiger partial charge on any atom is 0.225 e. The van der Waals surface area contributed by atoms with E-state index in [1.54, 1.807) is 11.3 Å². The molecule has 1 unspecified atom stereocenters. The molecule has 0 spiro atoms. The number of nitrogens with zero attached hydrogens (tertiary/aromatic N) is 1. The Labute approximate surface area is 141 Å². The van der Waals surface area contributed by atoms with Gasteiger partial charge in [-0.1, -0.05) is 36.4 Å². The van der Waals surface area contributed by atoms with Crippen LogP contribution in [-0.4, -0.2) is 16.8 Å². The van der Waals surface area contributed by atoms with Gasteiger partial charge in [0.1, 0.15) is 0 Å². The predicted octanol–water partition coefficient (Wildman–Crippen LogP) is 3.75. The number of halogens is 1. The van der Waals surface area contributed by atoms with Crippen LogP contribution in [0.2, 0.25) is 0 Å². The maximum absolute atomic E-state index is 12.6. The molecule has 1 aromatic heterocycles. The molecule has 3 rings (SSSR count). The lowest BCUT2D eigenvalue weighted by Gasteiger charge is -2.23. The van der Waals surface area contributed by atoms with Crippen LogP contribution in [0.15, 0.2) is 47.8 Å². The molecule has 5 heteroatoms. The Bertz CT molecular complexity index is 584. The summed E-state index contributed by atoms with van der Waals surface area (Å²) in [4.78, 5) is 15.8. The molecule has 1 fully saturated rings. The summed E-state index contributed by atoms with van der Waals surface area (Å²) in [5, 5.41) is 2.06. The molecule has 2 N–H and O–H groups in total. The van der Waals surface area contributed by atoms with Crippen LogP contribution in [0.4, 0.5) is 0 Å². The Morgan fingerprint density at radius 2 is 1.95 bits per heavy atom. The standard InChI is InChI=1S/C17H20N2OS.ClH/c18-16(13-5-2-1-3-6-13)11-17(20)19(14-8-9-14)12-15-7-4-10-21-15;/h1-7,10,14,16H,8-9,11-12,18H2;1H. The molecule has 0 radical (unpaired) electrons. The SMILES string of the molecule is Cl.NC(CC(=O)N(Cc1cccs1)C1CC1)c1ccccc1. The van der Waals surface area contributed by atoms with E-state index in [0.717, 1.165) is 24.9 Å². The third kappa shape index (κ3) is 4.32. The average Bonchev–Trinajstić information content (AvgIpc) is 3.21. The third-order valence-corrected chi connectivity index (χ3v) is 4.70. The minimum atomic E-state index is -0.219. The number of thiophene rings is 1. The smallest absolute Gasteiger partial charge is 0.225 e. The normalized spacial score (nSPS) is 15.0. The van der Waals surface area contributed by atoms with Gasteiger partial charge in [-0.15, -0.1) is 23.7 Å². The van der Waals surface area contributed by atoms with E-state index in [9.17, 15) is 4.79 Å².